The minimum Gasteiger partial charge on any atom is -0.444 e. The maximum Gasteiger partial charge on any atom is 0.407 e. The fourth-order valence-electron chi connectivity index (χ4n) is 3.13. The maximum atomic E-state index is 12.4. The van der Waals surface area contributed by atoms with Crippen LogP contribution in [0.3, 0.4) is 0 Å². The van der Waals surface area contributed by atoms with Crippen molar-refractivity contribution in [2.45, 2.75) is 77.2 Å². The lowest BCUT2D eigenvalue weighted by atomic mass is 10.1. The summed E-state index contributed by atoms with van der Waals surface area (Å²) in [6, 6.07) is -0.162. The maximum absolute atomic E-state index is 12.4. The number of nitrogens with zero attached hydrogens (tertiary/aromatic N) is 1. The Hall–Kier alpha value is -1.50. The van der Waals surface area contributed by atoms with Crippen LogP contribution < -0.4 is 10.6 Å². The van der Waals surface area contributed by atoms with Crippen molar-refractivity contribution in [1.29, 1.82) is 0 Å². The first-order valence-corrected chi connectivity index (χ1v) is 8.91. The minimum atomic E-state index is -0.521. The first-order valence-electron chi connectivity index (χ1n) is 8.91. The largest absolute Gasteiger partial charge is 0.444 e. The summed E-state index contributed by atoms with van der Waals surface area (Å²) in [6.07, 6.45) is 3.43. The Morgan fingerprint density at radius 3 is 2.62 bits per heavy atom. The molecule has 0 saturated carbocycles. The normalized spacial score (nSPS) is 25.9. The van der Waals surface area contributed by atoms with Crippen LogP contribution in [0.25, 0.3) is 0 Å². The molecule has 0 spiro atoms. The Morgan fingerprint density at radius 2 is 2.00 bits per heavy atom. The molecule has 7 heteroatoms. The number of alkyl carbamates (subject to hydrolysis) is 1. The second-order valence-corrected chi connectivity index (χ2v) is 7.72. The first kappa shape index (κ1) is 18.8. The number of urea groups is 1. The van der Waals surface area contributed by atoms with Crippen LogP contribution in [-0.2, 0) is 9.47 Å². The Bertz CT molecular complexity index is 444. The summed E-state index contributed by atoms with van der Waals surface area (Å²) in [5.41, 5.74) is -0.521. The van der Waals surface area contributed by atoms with Crippen molar-refractivity contribution in [3.63, 3.8) is 0 Å². The van der Waals surface area contributed by atoms with E-state index in [0.717, 1.165) is 32.3 Å². The van der Waals surface area contributed by atoms with E-state index in [4.69, 9.17) is 9.47 Å². The van der Waals surface area contributed by atoms with Gasteiger partial charge in [-0.2, -0.15) is 0 Å². The summed E-state index contributed by atoms with van der Waals surface area (Å²) in [4.78, 5) is 26.1. The van der Waals surface area contributed by atoms with Gasteiger partial charge in [0.05, 0.1) is 12.1 Å². The molecule has 3 atom stereocenters. The van der Waals surface area contributed by atoms with E-state index in [9.17, 15) is 9.59 Å². The van der Waals surface area contributed by atoms with Crippen LogP contribution in [0.5, 0.6) is 0 Å². The smallest absolute Gasteiger partial charge is 0.407 e. The van der Waals surface area contributed by atoms with Crippen molar-refractivity contribution in [3.8, 4) is 0 Å². The highest BCUT2D eigenvalue weighted by molar-refractivity contribution is 5.75. The molecule has 0 bridgehead atoms. The van der Waals surface area contributed by atoms with Gasteiger partial charge in [0.1, 0.15) is 5.60 Å². The van der Waals surface area contributed by atoms with Gasteiger partial charge >= 0.3 is 12.1 Å². The standard InChI is InChI=1S/C17H31N3O4/c1-12(14-8-6-10-23-14)18-15(21)20-9-5-7-13(11-20)19-16(22)24-17(2,3)4/h12-14H,5-11H2,1-4H3,(H,18,21)(H,19,22)/t12-,13+,14+/m0/s1. The van der Waals surface area contributed by atoms with Crippen LogP contribution in [-0.4, -0.2) is 60.5 Å². The number of nitrogens with one attached hydrogen (secondary N) is 2. The van der Waals surface area contributed by atoms with Crippen molar-refractivity contribution in [1.82, 2.24) is 15.5 Å². The quantitative estimate of drug-likeness (QED) is 0.825. The number of amides is 3. The lowest BCUT2D eigenvalue weighted by Gasteiger charge is -2.34. The SMILES string of the molecule is C[C@H](NC(=O)N1CCC[C@@H](NC(=O)OC(C)(C)C)C1)[C@H]1CCCO1. The molecule has 0 radical (unpaired) electrons. The van der Waals surface area contributed by atoms with Crippen molar-refractivity contribution >= 4 is 12.1 Å². The summed E-state index contributed by atoms with van der Waals surface area (Å²) < 4.78 is 10.9. The minimum absolute atomic E-state index is 0.000749. The zero-order valence-electron chi connectivity index (χ0n) is 15.3. The third-order valence-corrected chi connectivity index (χ3v) is 4.30. The first-order chi connectivity index (χ1) is 11.2. The van der Waals surface area contributed by atoms with Crippen LogP contribution in [0.2, 0.25) is 0 Å². The van der Waals surface area contributed by atoms with Crippen LogP contribution >= 0.6 is 0 Å². The van der Waals surface area contributed by atoms with Crippen molar-refractivity contribution in [2.75, 3.05) is 19.7 Å². The third-order valence-electron chi connectivity index (χ3n) is 4.30. The van der Waals surface area contributed by atoms with Gasteiger partial charge < -0.3 is 25.0 Å². The highest BCUT2D eigenvalue weighted by Crippen LogP contribution is 2.17. The molecule has 2 N–H and O–H groups in total. The van der Waals surface area contributed by atoms with Gasteiger partial charge in [0, 0.05) is 25.7 Å². The van der Waals surface area contributed by atoms with E-state index in [2.05, 4.69) is 10.6 Å². The number of hydrogen-bond donors (Lipinski definition) is 2. The summed E-state index contributed by atoms with van der Waals surface area (Å²) in [5.74, 6) is 0. The molecular weight excluding hydrogens is 310 g/mol. The summed E-state index contributed by atoms with van der Waals surface area (Å²) in [6.45, 7) is 9.46. The molecule has 24 heavy (non-hydrogen) atoms. The van der Waals surface area contributed by atoms with Crippen LogP contribution in [0.4, 0.5) is 9.59 Å². The highest BCUT2D eigenvalue weighted by Gasteiger charge is 2.29. The van der Waals surface area contributed by atoms with E-state index in [1.54, 1.807) is 4.90 Å². The van der Waals surface area contributed by atoms with Crippen molar-refractivity contribution < 1.29 is 19.1 Å². The van der Waals surface area contributed by atoms with E-state index >= 15 is 0 Å². The zero-order valence-corrected chi connectivity index (χ0v) is 15.3. The fraction of sp³-hybridized carbons (Fsp3) is 0.882. The topological polar surface area (TPSA) is 79.9 Å². The van der Waals surface area contributed by atoms with E-state index in [0.29, 0.717) is 13.1 Å². The number of carbonyl (C=O) groups is 2. The predicted octanol–water partition coefficient (Wildman–Crippen LogP) is 2.25. The lowest BCUT2D eigenvalue weighted by Crippen LogP contribution is -2.55. The molecule has 2 aliphatic heterocycles. The fourth-order valence-corrected chi connectivity index (χ4v) is 3.13. The Labute approximate surface area is 144 Å². The monoisotopic (exact) mass is 341 g/mol. The van der Waals surface area contributed by atoms with Gasteiger partial charge in [-0.1, -0.05) is 0 Å². The van der Waals surface area contributed by atoms with Crippen LogP contribution in [0.1, 0.15) is 53.4 Å². The molecule has 138 valence electrons. The molecule has 2 fully saturated rings. The predicted molar refractivity (Wildman–Crippen MR) is 90.9 cm³/mol. The second kappa shape index (κ2) is 8.05. The summed E-state index contributed by atoms with van der Waals surface area (Å²) in [7, 11) is 0. The van der Waals surface area contributed by atoms with Crippen LogP contribution in [0.15, 0.2) is 0 Å². The number of ether oxygens (including phenoxy) is 2. The Balaban J connectivity index is 1.79. The Kier molecular flexibility index (Phi) is 6.32. The lowest BCUT2D eigenvalue weighted by molar-refractivity contribution is 0.0476. The molecule has 7 nitrogen and oxygen atoms in total. The van der Waals surface area contributed by atoms with Crippen molar-refractivity contribution in [2.24, 2.45) is 0 Å². The molecular formula is C17H31N3O4. The second-order valence-electron chi connectivity index (χ2n) is 7.72. The molecule has 0 aromatic carbocycles. The molecule has 2 saturated heterocycles. The van der Waals surface area contributed by atoms with E-state index in [1.165, 1.54) is 0 Å². The molecule has 0 unspecified atom stereocenters. The zero-order chi connectivity index (χ0) is 17.7. The third kappa shape index (κ3) is 5.85. The molecule has 2 heterocycles. The summed E-state index contributed by atoms with van der Waals surface area (Å²) in [5, 5.41) is 5.88. The molecule has 2 rings (SSSR count). The van der Waals surface area contributed by atoms with E-state index < -0.39 is 11.7 Å². The molecule has 0 aromatic heterocycles. The number of likely N-dealkylation sites (tertiary alicyclic amines) is 1. The van der Waals surface area contributed by atoms with Gasteiger partial charge in [0.15, 0.2) is 0 Å². The van der Waals surface area contributed by atoms with E-state index in [-0.39, 0.29) is 24.2 Å². The molecule has 0 aliphatic carbocycles. The highest BCUT2D eigenvalue weighted by atomic mass is 16.6. The number of carbonyl (C=O) groups excluding carboxylic acids is 2. The van der Waals surface area contributed by atoms with Crippen LogP contribution in [0, 0.1) is 0 Å². The molecule has 3 amide bonds. The summed E-state index contributed by atoms with van der Waals surface area (Å²) >= 11 is 0. The van der Waals surface area contributed by atoms with Crippen molar-refractivity contribution in [3.05, 3.63) is 0 Å². The average molecular weight is 341 g/mol. The number of rotatable bonds is 3. The molecule has 2 aliphatic rings. The average Bonchev–Trinajstić information content (AvgIpc) is 2.99. The van der Waals surface area contributed by atoms with Gasteiger partial charge in [0.25, 0.3) is 0 Å². The van der Waals surface area contributed by atoms with Gasteiger partial charge in [-0.3, -0.25) is 0 Å². The van der Waals surface area contributed by atoms with Gasteiger partial charge in [0.2, 0.25) is 0 Å². The molecule has 0 aromatic rings. The van der Waals surface area contributed by atoms with Gasteiger partial charge in [-0.15, -0.1) is 0 Å². The van der Waals surface area contributed by atoms with E-state index in [1.807, 2.05) is 27.7 Å². The number of piperidine rings is 1. The Morgan fingerprint density at radius 1 is 1.25 bits per heavy atom. The van der Waals surface area contributed by atoms with Gasteiger partial charge in [-0.25, -0.2) is 9.59 Å². The van der Waals surface area contributed by atoms with Gasteiger partial charge in [-0.05, 0) is 53.4 Å². The number of hydrogen-bond acceptors (Lipinski definition) is 4.